The number of carbonyl (C=O) groups is 1. The zero-order valence-electron chi connectivity index (χ0n) is 19.6. The highest BCUT2D eigenvalue weighted by Crippen LogP contribution is 2.17. The van der Waals surface area contributed by atoms with Crippen LogP contribution >= 0.6 is 0 Å². The molecular formula is C18H42N2O7Si2. The standard InChI is InChI=1S/C18H42N2O7Si2/c1-9-20(18(2)21)15-14-19(12-10-16-28(22-3,23-4)24-5)13-11-17-29(25-6,26-7)27-8/h9-17H2,1-8H3. The van der Waals surface area contributed by atoms with Gasteiger partial charge < -0.3 is 36.4 Å². The van der Waals surface area contributed by atoms with Gasteiger partial charge in [-0.25, -0.2) is 0 Å². The molecular weight excluding hydrogens is 412 g/mol. The summed E-state index contributed by atoms with van der Waals surface area (Å²) in [6.45, 7) is 7.55. The summed E-state index contributed by atoms with van der Waals surface area (Å²) in [5, 5.41) is 0. The van der Waals surface area contributed by atoms with Gasteiger partial charge in [0.05, 0.1) is 0 Å². The molecule has 0 saturated heterocycles. The molecule has 174 valence electrons. The third-order valence-electron chi connectivity index (χ3n) is 5.29. The highest BCUT2D eigenvalue weighted by Gasteiger charge is 2.38. The van der Waals surface area contributed by atoms with Crippen LogP contribution in [0, 0.1) is 0 Å². The molecule has 0 radical (unpaired) electrons. The number of likely N-dealkylation sites (N-methyl/N-ethyl adjacent to an activating group) is 1. The fourth-order valence-corrected chi connectivity index (χ4v) is 6.69. The molecule has 0 spiro atoms. The van der Waals surface area contributed by atoms with Crippen LogP contribution in [0.1, 0.15) is 26.7 Å². The minimum absolute atomic E-state index is 0.0987. The lowest BCUT2D eigenvalue weighted by molar-refractivity contribution is -0.128. The maximum atomic E-state index is 11.7. The summed E-state index contributed by atoms with van der Waals surface area (Å²) >= 11 is 0. The molecule has 0 fully saturated rings. The average Bonchev–Trinajstić information content (AvgIpc) is 2.74. The van der Waals surface area contributed by atoms with Crippen molar-refractivity contribution in [3.8, 4) is 0 Å². The van der Waals surface area contributed by atoms with E-state index in [4.69, 9.17) is 26.6 Å². The van der Waals surface area contributed by atoms with Gasteiger partial charge in [-0.2, -0.15) is 0 Å². The van der Waals surface area contributed by atoms with E-state index in [-0.39, 0.29) is 5.91 Å². The second kappa shape index (κ2) is 15.4. The van der Waals surface area contributed by atoms with Gasteiger partial charge in [-0.1, -0.05) is 0 Å². The van der Waals surface area contributed by atoms with Crippen LogP contribution in [0.2, 0.25) is 12.1 Å². The van der Waals surface area contributed by atoms with Gasteiger partial charge in [0.2, 0.25) is 5.91 Å². The Morgan fingerprint density at radius 1 is 0.690 bits per heavy atom. The quantitative estimate of drug-likeness (QED) is 0.290. The maximum absolute atomic E-state index is 11.7. The molecule has 0 rings (SSSR count). The fourth-order valence-electron chi connectivity index (χ4n) is 3.29. The van der Waals surface area contributed by atoms with E-state index in [1.54, 1.807) is 49.6 Å². The lowest BCUT2D eigenvalue weighted by atomic mass is 10.3. The van der Waals surface area contributed by atoms with Gasteiger partial charge in [-0.3, -0.25) is 4.79 Å². The molecule has 1 amide bonds. The van der Waals surface area contributed by atoms with Crippen molar-refractivity contribution < 1.29 is 31.4 Å². The van der Waals surface area contributed by atoms with Crippen molar-refractivity contribution in [2.24, 2.45) is 0 Å². The van der Waals surface area contributed by atoms with Crippen molar-refractivity contribution in [3.63, 3.8) is 0 Å². The second-order valence-electron chi connectivity index (χ2n) is 6.74. The normalized spacial score (nSPS) is 12.6. The average molecular weight is 455 g/mol. The molecule has 0 unspecified atom stereocenters. The van der Waals surface area contributed by atoms with Gasteiger partial charge in [0, 0.05) is 81.3 Å². The lowest BCUT2D eigenvalue weighted by Gasteiger charge is -2.29. The number of hydrogen-bond acceptors (Lipinski definition) is 8. The summed E-state index contributed by atoms with van der Waals surface area (Å²) < 4.78 is 33.1. The summed E-state index contributed by atoms with van der Waals surface area (Å²) in [6.07, 6.45) is 1.77. The zero-order valence-corrected chi connectivity index (χ0v) is 21.6. The Bertz CT molecular complexity index is 396. The van der Waals surface area contributed by atoms with Gasteiger partial charge >= 0.3 is 17.6 Å². The van der Waals surface area contributed by atoms with Crippen LogP contribution in [-0.2, 0) is 31.4 Å². The maximum Gasteiger partial charge on any atom is 0.500 e. The van der Waals surface area contributed by atoms with E-state index in [1.807, 2.05) is 11.8 Å². The first-order valence-corrected chi connectivity index (χ1v) is 14.0. The van der Waals surface area contributed by atoms with Crippen molar-refractivity contribution >= 4 is 23.5 Å². The van der Waals surface area contributed by atoms with Crippen LogP contribution in [-0.4, -0.2) is 109 Å². The van der Waals surface area contributed by atoms with Crippen LogP contribution in [0.25, 0.3) is 0 Å². The van der Waals surface area contributed by atoms with E-state index < -0.39 is 17.6 Å². The van der Waals surface area contributed by atoms with Gasteiger partial charge in [0.15, 0.2) is 0 Å². The Labute approximate surface area is 179 Å². The molecule has 0 aromatic rings. The van der Waals surface area contributed by atoms with Crippen molar-refractivity contribution in [2.45, 2.75) is 38.8 Å². The lowest BCUT2D eigenvalue weighted by Crippen LogP contribution is -2.45. The Kier molecular flexibility index (Phi) is 15.2. The molecule has 9 nitrogen and oxygen atoms in total. The zero-order chi connectivity index (χ0) is 22.3. The smallest absolute Gasteiger partial charge is 0.377 e. The highest BCUT2D eigenvalue weighted by molar-refractivity contribution is 6.60. The summed E-state index contributed by atoms with van der Waals surface area (Å²) in [5.41, 5.74) is 0. The number of carbonyl (C=O) groups excluding carboxylic acids is 1. The summed E-state index contributed by atoms with van der Waals surface area (Å²) in [4.78, 5) is 15.9. The second-order valence-corrected chi connectivity index (χ2v) is 12.9. The third-order valence-corrected chi connectivity index (χ3v) is 11.0. The van der Waals surface area contributed by atoms with Crippen LogP contribution in [0.3, 0.4) is 0 Å². The number of hydrogen-bond donors (Lipinski definition) is 0. The van der Waals surface area contributed by atoms with E-state index in [2.05, 4.69) is 4.90 Å². The fraction of sp³-hybridized carbons (Fsp3) is 0.944. The number of amides is 1. The molecule has 29 heavy (non-hydrogen) atoms. The van der Waals surface area contributed by atoms with E-state index in [9.17, 15) is 4.79 Å². The Balaban J connectivity index is 4.85. The first kappa shape index (κ1) is 28.6. The topological polar surface area (TPSA) is 78.9 Å². The Morgan fingerprint density at radius 3 is 1.34 bits per heavy atom. The van der Waals surface area contributed by atoms with Crippen LogP contribution in [0.5, 0.6) is 0 Å². The highest BCUT2D eigenvalue weighted by atomic mass is 28.4. The summed E-state index contributed by atoms with van der Waals surface area (Å²) in [7, 11) is 4.64. The summed E-state index contributed by atoms with van der Waals surface area (Å²) in [6, 6.07) is 1.48. The minimum Gasteiger partial charge on any atom is -0.377 e. The van der Waals surface area contributed by atoms with Gasteiger partial charge in [0.1, 0.15) is 0 Å². The molecule has 11 heteroatoms. The largest absolute Gasteiger partial charge is 0.500 e. The summed E-state index contributed by atoms with van der Waals surface area (Å²) in [5.74, 6) is 0.0987. The van der Waals surface area contributed by atoms with Crippen molar-refractivity contribution in [1.82, 2.24) is 9.80 Å². The number of nitrogens with zero attached hydrogens (tertiary/aromatic N) is 2. The molecule has 0 atom stereocenters. The molecule has 0 aliphatic carbocycles. The minimum atomic E-state index is -2.58. The molecule has 0 aliphatic rings. The Hall–Kier alpha value is -0.376. The molecule has 0 saturated carbocycles. The van der Waals surface area contributed by atoms with Crippen molar-refractivity contribution in [1.29, 1.82) is 0 Å². The molecule has 0 bridgehead atoms. The molecule has 0 aromatic carbocycles. The first-order valence-electron chi connectivity index (χ1n) is 10.1. The molecule has 0 aromatic heterocycles. The molecule has 0 N–H and O–H groups in total. The van der Waals surface area contributed by atoms with E-state index in [0.717, 1.165) is 44.6 Å². The van der Waals surface area contributed by atoms with E-state index in [0.29, 0.717) is 13.1 Å². The van der Waals surface area contributed by atoms with Gasteiger partial charge in [-0.15, -0.1) is 0 Å². The van der Waals surface area contributed by atoms with Crippen molar-refractivity contribution in [3.05, 3.63) is 0 Å². The Morgan fingerprint density at radius 2 is 1.07 bits per heavy atom. The van der Waals surface area contributed by atoms with Crippen LogP contribution in [0.15, 0.2) is 0 Å². The number of rotatable bonds is 18. The molecule has 0 heterocycles. The molecule has 0 aliphatic heterocycles. The van der Waals surface area contributed by atoms with E-state index in [1.165, 1.54) is 0 Å². The van der Waals surface area contributed by atoms with E-state index >= 15 is 0 Å². The monoisotopic (exact) mass is 454 g/mol. The third kappa shape index (κ3) is 9.98. The first-order chi connectivity index (χ1) is 13.8. The predicted octanol–water partition coefficient (Wildman–Crippen LogP) is 1.69. The van der Waals surface area contributed by atoms with Gasteiger partial charge in [0.25, 0.3) is 0 Å². The van der Waals surface area contributed by atoms with Crippen LogP contribution < -0.4 is 0 Å². The van der Waals surface area contributed by atoms with Gasteiger partial charge in [-0.05, 0) is 32.9 Å². The van der Waals surface area contributed by atoms with Crippen molar-refractivity contribution in [2.75, 3.05) is 75.4 Å². The SMILES string of the molecule is CCN(CCN(CCC[Si](OC)(OC)OC)CCC[Si](OC)(OC)OC)C(C)=O. The predicted molar refractivity (Wildman–Crippen MR) is 117 cm³/mol. The van der Waals surface area contributed by atoms with Crippen LogP contribution in [0.4, 0.5) is 0 Å².